The van der Waals surface area contributed by atoms with E-state index in [-0.39, 0.29) is 18.4 Å². The zero-order valence-electron chi connectivity index (χ0n) is 13.3. The number of hydrogen-bond acceptors (Lipinski definition) is 4. The molecule has 2 aromatic rings. The van der Waals surface area contributed by atoms with Crippen LogP contribution >= 0.6 is 0 Å². The number of carbonyl (C=O) groups is 2. The molecular formula is C18H18N2O4. The predicted molar refractivity (Wildman–Crippen MR) is 89.6 cm³/mol. The number of carbonyl (C=O) groups excluding carboxylic acids is 2. The highest BCUT2D eigenvalue weighted by atomic mass is 16.5. The lowest BCUT2D eigenvalue weighted by Crippen LogP contribution is -2.30. The maximum Gasteiger partial charge on any atom is 0.262 e. The molecule has 1 heterocycles. The van der Waals surface area contributed by atoms with Crippen molar-refractivity contribution in [1.29, 1.82) is 0 Å². The molecule has 0 fully saturated rings. The highest BCUT2D eigenvalue weighted by Crippen LogP contribution is 2.30. The molecule has 0 saturated heterocycles. The Labute approximate surface area is 139 Å². The van der Waals surface area contributed by atoms with E-state index in [2.05, 4.69) is 10.6 Å². The second kappa shape index (κ2) is 7.04. The van der Waals surface area contributed by atoms with Crippen molar-refractivity contribution in [3.63, 3.8) is 0 Å². The van der Waals surface area contributed by atoms with Gasteiger partial charge in [-0.15, -0.1) is 0 Å². The molecule has 0 aromatic heterocycles. The number of methoxy groups -OCH3 is 1. The Morgan fingerprint density at radius 2 is 2.04 bits per heavy atom. The summed E-state index contributed by atoms with van der Waals surface area (Å²) in [5.41, 5.74) is 1.92. The van der Waals surface area contributed by atoms with Crippen molar-refractivity contribution in [2.45, 2.75) is 6.42 Å². The summed E-state index contributed by atoms with van der Waals surface area (Å²) in [6.07, 6.45) is 0.702. The molecular weight excluding hydrogens is 308 g/mol. The Bertz CT molecular complexity index is 756. The van der Waals surface area contributed by atoms with Gasteiger partial charge in [0.15, 0.2) is 6.61 Å². The lowest BCUT2D eigenvalue weighted by atomic mass is 10.1. The number of hydrogen-bond donors (Lipinski definition) is 2. The first kappa shape index (κ1) is 15.9. The monoisotopic (exact) mass is 326 g/mol. The van der Waals surface area contributed by atoms with Gasteiger partial charge in [-0.1, -0.05) is 18.2 Å². The normalized spacial score (nSPS) is 12.6. The standard InChI is InChI=1S/C18H18N2O4/c1-23-13-7-5-12(6-8-13)9-10-19-18(22)14-3-2-4-15-17(14)20-16(21)11-24-15/h2-8H,9-11H2,1H3,(H,19,22)(H,20,21). The summed E-state index contributed by atoms with van der Waals surface area (Å²) >= 11 is 0. The second-order valence-corrected chi connectivity index (χ2v) is 5.37. The van der Waals surface area contributed by atoms with Gasteiger partial charge in [0.25, 0.3) is 11.8 Å². The molecule has 3 rings (SSSR count). The molecule has 1 aliphatic rings. The quantitative estimate of drug-likeness (QED) is 0.881. The number of nitrogens with one attached hydrogen (secondary N) is 2. The van der Waals surface area contributed by atoms with Crippen LogP contribution in [0, 0.1) is 0 Å². The van der Waals surface area contributed by atoms with Gasteiger partial charge >= 0.3 is 0 Å². The minimum Gasteiger partial charge on any atom is -0.497 e. The molecule has 0 spiro atoms. The van der Waals surface area contributed by atoms with Crippen molar-refractivity contribution < 1.29 is 19.1 Å². The van der Waals surface area contributed by atoms with Crippen molar-refractivity contribution in [2.75, 3.05) is 25.6 Å². The molecule has 124 valence electrons. The third kappa shape index (κ3) is 3.48. The lowest BCUT2D eigenvalue weighted by molar-refractivity contribution is -0.118. The van der Waals surface area contributed by atoms with Gasteiger partial charge in [0.2, 0.25) is 0 Å². The summed E-state index contributed by atoms with van der Waals surface area (Å²) in [7, 11) is 1.62. The number of fused-ring (bicyclic) bond motifs is 1. The predicted octanol–water partition coefficient (Wildman–Crippen LogP) is 2.00. The molecule has 0 atom stereocenters. The van der Waals surface area contributed by atoms with Crippen molar-refractivity contribution in [2.24, 2.45) is 0 Å². The number of rotatable bonds is 5. The lowest BCUT2D eigenvalue weighted by Gasteiger charge is -2.20. The maximum atomic E-state index is 12.4. The summed E-state index contributed by atoms with van der Waals surface area (Å²) < 4.78 is 10.4. The SMILES string of the molecule is COc1ccc(CCNC(=O)c2cccc3c2NC(=O)CO3)cc1. The van der Waals surface area contributed by atoms with Crippen LogP contribution in [0.3, 0.4) is 0 Å². The van der Waals surface area contributed by atoms with E-state index in [4.69, 9.17) is 9.47 Å². The van der Waals surface area contributed by atoms with Gasteiger partial charge in [0.1, 0.15) is 11.5 Å². The number of ether oxygens (including phenoxy) is 2. The van der Waals surface area contributed by atoms with Crippen LogP contribution in [0.25, 0.3) is 0 Å². The van der Waals surface area contributed by atoms with Crippen molar-refractivity contribution >= 4 is 17.5 Å². The van der Waals surface area contributed by atoms with Crippen LogP contribution in [0.4, 0.5) is 5.69 Å². The molecule has 1 aliphatic heterocycles. The molecule has 0 unspecified atom stereocenters. The molecule has 2 aromatic carbocycles. The Morgan fingerprint density at radius 1 is 1.25 bits per heavy atom. The Morgan fingerprint density at radius 3 is 2.79 bits per heavy atom. The molecule has 6 nitrogen and oxygen atoms in total. The Hall–Kier alpha value is -3.02. The third-order valence-corrected chi connectivity index (χ3v) is 3.75. The van der Waals surface area contributed by atoms with Crippen LogP contribution < -0.4 is 20.1 Å². The largest absolute Gasteiger partial charge is 0.497 e. The van der Waals surface area contributed by atoms with Gasteiger partial charge in [-0.05, 0) is 36.2 Å². The molecule has 24 heavy (non-hydrogen) atoms. The van der Waals surface area contributed by atoms with Gasteiger partial charge < -0.3 is 20.1 Å². The zero-order chi connectivity index (χ0) is 16.9. The summed E-state index contributed by atoms with van der Waals surface area (Å²) in [6, 6.07) is 12.8. The first-order valence-electron chi connectivity index (χ1n) is 7.64. The van der Waals surface area contributed by atoms with E-state index in [0.29, 0.717) is 30.0 Å². The average molecular weight is 326 g/mol. The first-order valence-corrected chi connectivity index (χ1v) is 7.64. The first-order chi connectivity index (χ1) is 11.7. The van der Waals surface area contributed by atoms with Crippen molar-refractivity contribution in [3.8, 4) is 11.5 Å². The average Bonchev–Trinajstić information content (AvgIpc) is 2.61. The zero-order valence-corrected chi connectivity index (χ0v) is 13.3. The molecule has 0 bridgehead atoms. The number of benzene rings is 2. The smallest absolute Gasteiger partial charge is 0.262 e. The van der Waals surface area contributed by atoms with Gasteiger partial charge in [-0.2, -0.15) is 0 Å². The van der Waals surface area contributed by atoms with Gasteiger partial charge in [0.05, 0.1) is 18.4 Å². The molecule has 2 amide bonds. The molecule has 0 saturated carbocycles. The van der Waals surface area contributed by atoms with E-state index in [9.17, 15) is 9.59 Å². The third-order valence-electron chi connectivity index (χ3n) is 3.75. The fourth-order valence-corrected chi connectivity index (χ4v) is 2.50. The van der Waals surface area contributed by atoms with E-state index < -0.39 is 0 Å². The van der Waals surface area contributed by atoms with Gasteiger partial charge in [-0.3, -0.25) is 9.59 Å². The van der Waals surface area contributed by atoms with E-state index in [0.717, 1.165) is 11.3 Å². The summed E-state index contributed by atoms with van der Waals surface area (Å²) in [5.74, 6) is 0.805. The maximum absolute atomic E-state index is 12.4. The van der Waals surface area contributed by atoms with Gasteiger partial charge in [-0.25, -0.2) is 0 Å². The topological polar surface area (TPSA) is 76.7 Å². The Kier molecular flexibility index (Phi) is 4.65. The fraction of sp³-hybridized carbons (Fsp3) is 0.222. The van der Waals surface area contributed by atoms with Crippen LogP contribution in [-0.2, 0) is 11.2 Å². The van der Waals surface area contributed by atoms with Crippen molar-refractivity contribution in [1.82, 2.24) is 5.32 Å². The van der Waals surface area contributed by atoms with E-state index >= 15 is 0 Å². The van der Waals surface area contributed by atoms with Crippen LogP contribution in [0.2, 0.25) is 0 Å². The fourth-order valence-electron chi connectivity index (χ4n) is 2.50. The molecule has 0 aliphatic carbocycles. The number of amides is 2. The number of anilines is 1. The summed E-state index contributed by atoms with van der Waals surface area (Å²) in [5, 5.41) is 5.56. The van der Waals surface area contributed by atoms with Crippen LogP contribution in [-0.4, -0.2) is 32.1 Å². The highest BCUT2D eigenvalue weighted by molar-refractivity contribution is 6.06. The molecule has 6 heteroatoms. The minimum absolute atomic E-state index is 0.0322. The van der Waals surface area contributed by atoms with Crippen LogP contribution in [0.5, 0.6) is 11.5 Å². The minimum atomic E-state index is -0.263. The van der Waals surface area contributed by atoms with Crippen LogP contribution in [0.15, 0.2) is 42.5 Å². The molecule has 2 N–H and O–H groups in total. The van der Waals surface area contributed by atoms with Crippen LogP contribution in [0.1, 0.15) is 15.9 Å². The summed E-state index contributed by atoms with van der Waals surface area (Å²) in [6.45, 7) is 0.458. The Balaban J connectivity index is 1.62. The van der Waals surface area contributed by atoms with Crippen molar-refractivity contribution in [3.05, 3.63) is 53.6 Å². The molecule has 0 radical (unpaired) electrons. The highest BCUT2D eigenvalue weighted by Gasteiger charge is 2.22. The number of para-hydroxylation sites is 1. The van der Waals surface area contributed by atoms with E-state index in [1.54, 1.807) is 25.3 Å². The van der Waals surface area contributed by atoms with Gasteiger partial charge in [0, 0.05) is 6.54 Å². The van der Waals surface area contributed by atoms with E-state index in [1.807, 2.05) is 24.3 Å². The summed E-state index contributed by atoms with van der Waals surface area (Å²) in [4.78, 5) is 23.8. The van der Waals surface area contributed by atoms with E-state index in [1.165, 1.54) is 0 Å². The second-order valence-electron chi connectivity index (χ2n) is 5.37.